The van der Waals surface area contributed by atoms with Gasteiger partial charge in [-0.05, 0) is 50.5 Å². The Morgan fingerprint density at radius 1 is 0.788 bits per heavy atom. The van der Waals surface area contributed by atoms with E-state index in [2.05, 4.69) is 25.9 Å². The van der Waals surface area contributed by atoms with E-state index in [-0.39, 0.29) is 82.8 Å². The molecule has 19 nitrogen and oxygen atoms in total. The monoisotopic (exact) mass is 730 g/mol. The zero-order valence-corrected chi connectivity index (χ0v) is 29.6. The highest BCUT2D eigenvalue weighted by atomic mass is 16.4. The van der Waals surface area contributed by atoms with Gasteiger partial charge in [0, 0.05) is 33.0 Å². The molecular formula is C33H54N12O7. The molecule has 0 bridgehead atoms. The molecule has 0 aliphatic heterocycles. The van der Waals surface area contributed by atoms with Crippen molar-refractivity contribution in [3.05, 3.63) is 35.9 Å². The summed E-state index contributed by atoms with van der Waals surface area (Å²) in [5, 5.41) is 17.1. The standard InChI is InChI=1S/C33H54N12O7/c1-45(29(51)23(12-8-18-41-32(38)39)42-27(49)21(34)13-14-25(46)47)33(15-5-6-16-33)30(52)44-22(11-7-17-40-31(36)37)28(50)43-24(26(35)48)19-20-9-3-2-4-10-20/h2-4,9-10,21-24H,5-8,11-19,34H2,1H3,(H2,35,48)(H,42,49)(H,43,50)(H,44,52)(H,46,47)(H4,36,37,40)(H4,38,39,41)/t21-,22-,23-,24-/m0/s1. The van der Waals surface area contributed by atoms with Crippen molar-refractivity contribution in [1.82, 2.24) is 20.9 Å². The number of hydrogen-bond acceptors (Lipinski definition) is 9. The number of amides is 5. The van der Waals surface area contributed by atoms with Gasteiger partial charge in [0.15, 0.2) is 11.9 Å². The van der Waals surface area contributed by atoms with Gasteiger partial charge in [-0.3, -0.25) is 38.8 Å². The topological polar surface area (TPSA) is 343 Å². The highest BCUT2D eigenvalue weighted by molar-refractivity contribution is 5.98. The van der Waals surface area contributed by atoms with Crippen LogP contribution in [0, 0.1) is 0 Å². The number of nitrogens with two attached hydrogens (primary N) is 6. The number of nitrogens with one attached hydrogen (secondary N) is 3. The molecular weight excluding hydrogens is 676 g/mol. The molecule has 1 saturated carbocycles. The van der Waals surface area contributed by atoms with Gasteiger partial charge in [0.25, 0.3) is 0 Å². The lowest BCUT2D eigenvalue weighted by atomic mass is 9.92. The van der Waals surface area contributed by atoms with Gasteiger partial charge in [0.2, 0.25) is 29.5 Å². The van der Waals surface area contributed by atoms with Gasteiger partial charge >= 0.3 is 5.97 Å². The molecule has 0 spiro atoms. The number of aliphatic imine (C=N–C) groups is 2. The summed E-state index contributed by atoms with van der Waals surface area (Å²) >= 11 is 0. The van der Waals surface area contributed by atoms with E-state index in [0.29, 0.717) is 12.8 Å². The molecule has 1 aromatic rings. The van der Waals surface area contributed by atoms with Crippen LogP contribution in [0.1, 0.15) is 69.8 Å². The fourth-order valence-corrected chi connectivity index (χ4v) is 5.98. The second-order valence-electron chi connectivity index (χ2n) is 12.8. The molecule has 1 aromatic carbocycles. The molecule has 1 fully saturated rings. The summed E-state index contributed by atoms with van der Waals surface area (Å²) in [4.78, 5) is 87.6. The molecule has 0 unspecified atom stereocenters. The second kappa shape index (κ2) is 21.0. The molecule has 1 aliphatic carbocycles. The third-order valence-electron chi connectivity index (χ3n) is 8.90. The SMILES string of the molecule is CN(C(=O)[C@H](CCCN=C(N)N)NC(=O)[C@@H](N)CCC(=O)O)C1(C(=O)N[C@@H](CCCN=C(N)N)C(=O)N[C@@H](Cc2ccccc2)C(N)=O)CCCC1. The van der Waals surface area contributed by atoms with E-state index in [1.807, 2.05) is 6.07 Å². The van der Waals surface area contributed by atoms with Crippen LogP contribution in [0.4, 0.5) is 0 Å². The zero-order valence-electron chi connectivity index (χ0n) is 29.6. The molecule has 52 heavy (non-hydrogen) atoms. The van der Waals surface area contributed by atoms with Crippen molar-refractivity contribution in [2.24, 2.45) is 44.4 Å². The maximum atomic E-state index is 14.3. The molecule has 1 aliphatic rings. The molecule has 288 valence electrons. The van der Waals surface area contributed by atoms with Crippen LogP contribution in [0.25, 0.3) is 0 Å². The number of guanidine groups is 2. The molecule has 0 saturated heterocycles. The summed E-state index contributed by atoms with van der Waals surface area (Å²) in [6.45, 7) is 0.306. The summed E-state index contributed by atoms with van der Waals surface area (Å²) < 4.78 is 0. The van der Waals surface area contributed by atoms with Crippen LogP contribution in [-0.4, -0.2) is 107 Å². The summed E-state index contributed by atoms with van der Waals surface area (Å²) in [6, 6.07) is 4.34. The first-order valence-corrected chi connectivity index (χ1v) is 17.2. The van der Waals surface area contributed by atoms with Gasteiger partial charge in [0.1, 0.15) is 23.7 Å². The fourth-order valence-electron chi connectivity index (χ4n) is 5.98. The number of benzene rings is 1. The van der Waals surface area contributed by atoms with E-state index in [4.69, 9.17) is 39.5 Å². The summed E-state index contributed by atoms with van der Waals surface area (Å²) in [5.41, 5.74) is 32.7. The Kier molecular flexibility index (Phi) is 17.3. The first kappa shape index (κ1) is 42.7. The Bertz CT molecular complexity index is 1440. The maximum Gasteiger partial charge on any atom is 0.303 e. The van der Waals surface area contributed by atoms with Gasteiger partial charge in [0.05, 0.1) is 6.04 Å². The Hall–Kier alpha value is -5.46. The Morgan fingerprint density at radius 2 is 1.33 bits per heavy atom. The van der Waals surface area contributed by atoms with Crippen molar-refractivity contribution >= 4 is 47.4 Å². The molecule has 0 radical (unpaired) electrons. The third-order valence-corrected chi connectivity index (χ3v) is 8.90. The zero-order chi connectivity index (χ0) is 38.8. The van der Waals surface area contributed by atoms with E-state index in [1.54, 1.807) is 24.3 Å². The lowest BCUT2D eigenvalue weighted by Crippen LogP contribution is -2.64. The number of carbonyl (C=O) groups is 6. The quantitative estimate of drug-likeness (QED) is 0.0330. The average Bonchev–Trinajstić information content (AvgIpc) is 3.60. The van der Waals surface area contributed by atoms with Crippen molar-refractivity contribution < 1.29 is 33.9 Å². The number of hydrogen-bond donors (Lipinski definition) is 10. The van der Waals surface area contributed by atoms with Gasteiger partial charge in [-0.2, -0.15) is 0 Å². The molecule has 2 rings (SSSR count). The van der Waals surface area contributed by atoms with Gasteiger partial charge in [-0.1, -0.05) is 43.2 Å². The number of rotatable bonds is 22. The lowest BCUT2D eigenvalue weighted by molar-refractivity contribution is -0.149. The van der Waals surface area contributed by atoms with Gasteiger partial charge in [-0.25, -0.2) is 0 Å². The first-order valence-electron chi connectivity index (χ1n) is 17.2. The van der Waals surface area contributed by atoms with Crippen LogP contribution < -0.4 is 50.4 Å². The van der Waals surface area contributed by atoms with Crippen LogP contribution in [0.2, 0.25) is 0 Å². The molecule has 5 amide bonds. The fraction of sp³-hybridized carbons (Fsp3) is 0.576. The highest BCUT2D eigenvalue weighted by Gasteiger charge is 2.49. The first-order chi connectivity index (χ1) is 24.6. The van der Waals surface area contributed by atoms with Crippen LogP contribution in [-0.2, 0) is 35.2 Å². The van der Waals surface area contributed by atoms with Crippen LogP contribution in [0.15, 0.2) is 40.3 Å². The summed E-state index contributed by atoms with van der Waals surface area (Å²) in [5.74, 6) is -4.81. The summed E-state index contributed by atoms with van der Waals surface area (Å²) in [6.07, 6.45) is 2.01. The molecule has 0 heterocycles. The highest BCUT2D eigenvalue weighted by Crippen LogP contribution is 2.36. The molecule has 4 atom stereocenters. The normalized spacial score (nSPS) is 15.5. The minimum Gasteiger partial charge on any atom is -0.481 e. The molecule has 16 N–H and O–H groups in total. The van der Waals surface area contributed by atoms with Gasteiger partial charge in [-0.15, -0.1) is 0 Å². The molecule has 0 aromatic heterocycles. The second-order valence-corrected chi connectivity index (χ2v) is 12.8. The minimum atomic E-state index is -1.41. The minimum absolute atomic E-state index is 0.0702. The van der Waals surface area contributed by atoms with E-state index >= 15 is 0 Å². The predicted octanol–water partition coefficient (Wildman–Crippen LogP) is -2.76. The van der Waals surface area contributed by atoms with Crippen molar-refractivity contribution in [3.8, 4) is 0 Å². The third kappa shape index (κ3) is 13.7. The Labute approximate surface area is 302 Å². The van der Waals surface area contributed by atoms with Crippen LogP contribution >= 0.6 is 0 Å². The number of likely N-dealkylation sites (N-methyl/N-ethyl adjacent to an activating group) is 1. The Morgan fingerprint density at radius 3 is 1.85 bits per heavy atom. The van der Waals surface area contributed by atoms with E-state index < -0.39 is 65.2 Å². The number of nitrogens with zero attached hydrogens (tertiary/aromatic N) is 3. The lowest BCUT2D eigenvalue weighted by Gasteiger charge is -2.40. The maximum absolute atomic E-state index is 14.3. The van der Waals surface area contributed by atoms with E-state index in [9.17, 15) is 28.8 Å². The molecule has 19 heteroatoms. The van der Waals surface area contributed by atoms with Crippen molar-refractivity contribution in [2.75, 3.05) is 20.1 Å². The van der Waals surface area contributed by atoms with Crippen LogP contribution in [0.5, 0.6) is 0 Å². The predicted molar refractivity (Wildman–Crippen MR) is 194 cm³/mol. The van der Waals surface area contributed by atoms with Crippen molar-refractivity contribution in [3.63, 3.8) is 0 Å². The average molecular weight is 731 g/mol. The van der Waals surface area contributed by atoms with Crippen LogP contribution in [0.3, 0.4) is 0 Å². The number of carboxylic acid groups (broad SMARTS) is 1. The van der Waals surface area contributed by atoms with E-state index in [0.717, 1.165) is 5.56 Å². The van der Waals surface area contributed by atoms with Crippen molar-refractivity contribution in [1.29, 1.82) is 0 Å². The van der Waals surface area contributed by atoms with Gasteiger partial charge < -0.3 is 60.4 Å². The summed E-state index contributed by atoms with van der Waals surface area (Å²) in [7, 11) is 1.45. The van der Waals surface area contributed by atoms with Crippen molar-refractivity contribution in [2.45, 2.75) is 100 Å². The van der Waals surface area contributed by atoms with E-state index in [1.165, 1.54) is 11.9 Å². The smallest absolute Gasteiger partial charge is 0.303 e. The number of aliphatic carboxylic acids is 1. The largest absolute Gasteiger partial charge is 0.481 e. The Balaban J connectivity index is 2.35. The number of carbonyl (C=O) groups excluding carboxylic acids is 5. The number of primary amides is 1. The number of carboxylic acids is 1.